The van der Waals surface area contributed by atoms with Crippen LogP contribution in [-0.2, 0) is 9.84 Å². The molecule has 0 aromatic heterocycles. The highest BCUT2D eigenvalue weighted by atomic mass is 32.2. The Balaban J connectivity index is 1.91. The molecule has 0 spiro atoms. The molecular formula is C13H25NO2S. The van der Waals surface area contributed by atoms with Gasteiger partial charge in [-0.2, -0.15) is 0 Å². The molecule has 1 atom stereocenters. The Morgan fingerprint density at radius 2 is 2.00 bits per heavy atom. The second-order valence-corrected chi connectivity index (χ2v) is 8.16. The Hall–Kier alpha value is -0.0900. The van der Waals surface area contributed by atoms with Crippen molar-refractivity contribution in [2.24, 2.45) is 5.92 Å². The quantitative estimate of drug-likeness (QED) is 0.822. The minimum Gasteiger partial charge on any atom is -0.311 e. The lowest BCUT2D eigenvalue weighted by atomic mass is 9.84. The standard InChI is InChI=1S/C13H25NO2S/c1-17(15,16)11-5-9-13(12-6-7-12)8-3-2-4-10-14-13/h12,14H,2-11H2,1H3. The van der Waals surface area contributed by atoms with E-state index in [0.29, 0.717) is 5.75 Å². The second kappa shape index (κ2) is 5.27. The molecule has 0 radical (unpaired) electrons. The highest BCUT2D eigenvalue weighted by Crippen LogP contribution is 2.45. The first-order valence-electron chi connectivity index (χ1n) is 6.95. The largest absolute Gasteiger partial charge is 0.311 e. The molecule has 2 aliphatic rings. The van der Waals surface area contributed by atoms with Crippen molar-refractivity contribution in [2.75, 3.05) is 18.6 Å². The van der Waals surface area contributed by atoms with E-state index in [2.05, 4.69) is 5.32 Å². The van der Waals surface area contributed by atoms with E-state index in [-0.39, 0.29) is 5.54 Å². The van der Waals surface area contributed by atoms with Crippen molar-refractivity contribution in [2.45, 2.75) is 56.9 Å². The second-order valence-electron chi connectivity index (χ2n) is 5.90. The molecule has 17 heavy (non-hydrogen) atoms. The molecule has 3 nitrogen and oxygen atoms in total. The zero-order valence-corrected chi connectivity index (χ0v) is 11.7. The molecule has 0 aromatic rings. The summed E-state index contributed by atoms with van der Waals surface area (Å²) < 4.78 is 22.4. The zero-order valence-electron chi connectivity index (χ0n) is 10.9. The van der Waals surface area contributed by atoms with Gasteiger partial charge < -0.3 is 5.32 Å². The van der Waals surface area contributed by atoms with Gasteiger partial charge in [-0.25, -0.2) is 8.42 Å². The number of sulfone groups is 1. The van der Waals surface area contributed by atoms with Crippen LogP contribution in [-0.4, -0.2) is 32.5 Å². The van der Waals surface area contributed by atoms with Crippen molar-refractivity contribution >= 4 is 9.84 Å². The number of nitrogens with one attached hydrogen (secondary N) is 1. The molecule has 100 valence electrons. The van der Waals surface area contributed by atoms with Crippen molar-refractivity contribution in [3.8, 4) is 0 Å². The van der Waals surface area contributed by atoms with Gasteiger partial charge in [0, 0.05) is 17.5 Å². The van der Waals surface area contributed by atoms with Gasteiger partial charge >= 0.3 is 0 Å². The molecule has 2 rings (SSSR count). The number of hydrogen-bond donors (Lipinski definition) is 1. The topological polar surface area (TPSA) is 46.2 Å². The third kappa shape index (κ3) is 3.95. The summed E-state index contributed by atoms with van der Waals surface area (Å²) in [7, 11) is -2.79. The van der Waals surface area contributed by atoms with Gasteiger partial charge in [-0.15, -0.1) is 0 Å². The van der Waals surface area contributed by atoms with Crippen LogP contribution >= 0.6 is 0 Å². The summed E-state index contributed by atoms with van der Waals surface area (Å²) in [5, 5.41) is 3.75. The molecule has 1 N–H and O–H groups in total. The van der Waals surface area contributed by atoms with Crippen LogP contribution in [0, 0.1) is 5.92 Å². The monoisotopic (exact) mass is 259 g/mol. The van der Waals surface area contributed by atoms with Crippen molar-refractivity contribution in [3.05, 3.63) is 0 Å². The summed E-state index contributed by atoms with van der Waals surface area (Å²) >= 11 is 0. The zero-order chi connectivity index (χ0) is 12.4. The Bertz CT molecular complexity index is 338. The summed E-state index contributed by atoms with van der Waals surface area (Å²) in [6, 6.07) is 0. The SMILES string of the molecule is CS(=O)(=O)CCCC1(C2CC2)CCCCCN1. The smallest absolute Gasteiger partial charge is 0.147 e. The number of hydrogen-bond acceptors (Lipinski definition) is 3. The minimum atomic E-state index is -2.79. The first-order valence-corrected chi connectivity index (χ1v) is 9.01. The van der Waals surface area contributed by atoms with Crippen LogP contribution in [0.3, 0.4) is 0 Å². The molecule has 1 heterocycles. The average molecular weight is 259 g/mol. The summed E-state index contributed by atoms with van der Waals surface area (Å²) in [6.45, 7) is 1.12. The van der Waals surface area contributed by atoms with Crippen molar-refractivity contribution < 1.29 is 8.42 Å². The summed E-state index contributed by atoms with van der Waals surface area (Å²) in [4.78, 5) is 0. The molecule has 1 aliphatic carbocycles. The lowest BCUT2D eigenvalue weighted by molar-refractivity contribution is 0.251. The van der Waals surface area contributed by atoms with Crippen LogP contribution in [0.25, 0.3) is 0 Å². The van der Waals surface area contributed by atoms with E-state index in [0.717, 1.165) is 25.3 Å². The molecule has 0 amide bonds. The van der Waals surface area contributed by atoms with Crippen molar-refractivity contribution in [1.29, 1.82) is 0 Å². The summed E-state index contributed by atoms with van der Waals surface area (Å²) in [5.74, 6) is 1.17. The first-order chi connectivity index (χ1) is 8.02. The van der Waals surface area contributed by atoms with Gasteiger partial charge in [0.25, 0.3) is 0 Å². The van der Waals surface area contributed by atoms with E-state index in [1.165, 1.54) is 44.8 Å². The fraction of sp³-hybridized carbons (Fsp3) is 1.00. The van der Waals surface area contributed by atoms with Gasteiger partial charge in [-0.05, 0) is 51.0 Å². The maximum atomic E-state index is 11.2. The van der Waals surface area contributed by atoms with Crippen molar-refractivity contribution in [1.82, 2.24) is 5.32 Å². The third-order valence-corrected chi connectivity index (χ3v) is 5.30. The van der Waals surface area contributed by atoms with Gasteiger partial charge in [0.05, 0.1) is 0 Å². The first kappa shape index (κ1) is 13.3. The molecule has 4 heteroatoms. The predicted molar refractivity (Wildman–Crippen MR) is 70.9 cm³/mol. The average Bonchev–Trinajstić information content (AvgIpc) is 3.03. The molecular weight excluding hydrogens is 234 g/mol. The van der Waals surface area contributed by atoms with Gasteiger partial charge in [-0.1, -0.05) is 12.8 Å². The fourth-order valence-electron chi connectivity index (χ4n) is 3.22. The molecule has 0 bridgehead atoms. The van der Waals surface area contributed by atoms with Gasteiger partial charge in [0.2, 0.25) is 0 Å². The van der Waals surface area contributed by atoms with E-state index in [1.54, 1.807) is 0 Å². The van der Waals surface area contributed by atoms with Gasteiger partial charge in [0.1, 0.15) is 9.84 Å². The van der Waals surface area contributed by atoms with Crippen LogP contribution in [0.1, 0.15) is 51.4 Å². The third-order valence-electron chi connectivity index (χ3n) is 4.27. The van der Waals surface area contributed by atoms with Crippen LogP contribution in [0.5, 0.6) is 0 Å². The van der Waals surface area contributed by atoms with E-state index in [9.17, 15) is 8.42 Å². The summed E-state index contributed by atoms with van der Waals surface area (Å²) in [6.07, 6.45) is 11.1. The van der Waals surface area contributed by atoms with Gasteiger partial charge in [0.15, 0.2) is 0 Å². The predicted octanol–water partition coefficient (Wildman–Crippen LogP) is 2.12. The minimum absolute atomic E-state index is 0.279. The molecule has 1 unspecified atom stereocenters. The van der Waals surface area contributed by atoms with E-state index >= 15 is 0 Å². The lowest BCUT2D eigenvalue weighted by Crippen LogP contribution is -2.47. The highest BCUT2D eigenvalue weighted by Gasteiger charge is 2.44. The maximum absolute atomic E-state index is 11.2. The van der Waals surface area contributed by atoms with Crippen molar-refractivity contribution in [3.63, 3.8) is 0 Å². The lowest BCUT2D eigenvalue weighted by Gasteiger charge is -2.34. The van der Waals surface area contributed by atoms with Crippen LogP contribution < -0.4 is 5.32 Å². The molecule has 1 saturated carbocycles. The van der Waals surface area contributed by atoms with Crippen LogP contribution in [0.2, 0.25) is 0 Å². The molecule has 1 aliphatic heterocycles. The van der Waals surface area contributed by atoms with Crippen LogP contribution in [0.15, 0.2) is 0 Å². The van der Waals surface area contributed by atoms with E-state index < -0.39 is 9.84 Å². The molecule has 2 fully saturated rings. The van der Waals surface area contributed by atoms with Crippen LogP contribution in [0.4, 0.5) is 0 Å². The maximum Gasteiger partial charge on any atom is 0.147 e. The Morgan fingerprint density at radius 3 is 2.65 bits per heavy atom. The Labute approximate surface area is 105 Å². The van der Waals surface area contributed by atoms with Gasteiger partial charge in [-0.3, -0.25) is 0 Å². The number of rotatable bonds is 5. The Kier molecular flexibility index (Phi) is 4.14. The van der Waals surface area contributed by atoms with E-state index in [4.69, 9.17) is 0 Å². The highest BCUT2D eigenvalue weighted by molar-refractivity contribution is 7.90. The molecule has 0 aromatic carbocycles. The fourth-order valence-corrected chi connectivity index (χ4v) is 3.89. The molecule has 1 saturated heterocycles. The summed E-state index contributed by atoms with van der Waals surface area (Å²) in [5.41, 5.74) is 0.279. The normalized spacial score (nSPS) is 31.1. The Morgan fingerprint density at radius 1 is 1.24 bits per heavy atom. The van der Waals surface area contributed by atoms with E-state index in [1.807, 2.05) is 0 Å².